The van der Waals surface area contributed by atoms with Crippen LogP contribution >= 0.6 is 11.6 Å². The van der Waals surface area contributed by atoms with Gasteiger partial charge >= 0.3 is 0 Å². The molecular weight excluding hydrogens is 255 g/mol. The Bertz CT molecular complexity index is 657. The molecule has 6 heteroatoms. The summed E-state index contributed by atoms with van der Waals surface area (Å²) in [5, 5.41) is 4.04. The molecule has 0 unspecified atom stereocenters. The van der Waals surface area contributed by atoms with E-state index >= 15 is 0 Å². The summed E-state index contributed by atoms with van der Waals surface area (Å²) < 4.78 is 14.7. The van der Waals surface area contributed by atoms with Crippen LogP contribution in [0.4, 0.5) is 4.39 Å². The molecule has 0 bridgehead atoms. The summed E-state index contributed by atoms with van der Waals surface area (Å²) in [5.74, 6) is -0.804. The molecule has 0 saturated heterocycles. The summed E-state index contributed by atoms with van der Waals surface area (Å²) in [6.07, 6.45) is 4.77. The van der Waals surface area contributed by atoms with Gasteiger partial charge in [0, 0.05) is 12.3 Å². The van der Waals surface area contributed by atoms with Crippen molar-refractivity contribution in [3.8, 4) is 0 Å². The van der Waals surface area contributed by atoms with Gasteiger partial charge in [0.15, 0.2) is 5.65 Å². The summed E-state index contributed by atoms with van der Waals surface area (Å²) in [7, 11) is 0. The maximum Gasteiger partial charge on any atom is 0.231 e. The fraction of sp³-hybridized carbons (Fsp3) is 0.0833. The first-order valence-corrected chi connectivity index (χ1v) is 5.50. The molecule has 2 heterocycles. The Labute approximate surface area is 108 Å². The van der Waals surface area contributed by atoms with E-state index in [-0.39, 0.29) is 5.03 Å². The van der Waals surface area contributed by atoms with Crippen molar-refractivity contribution in [1.82, 2.24) is 14.6 Å². The minimum atomic E-state index is -0.804. The Balaban J connectivity index is 2.52. The fourth-order valence-corrected chi connectivity index (χ4v) is 1.76. The molecule has 0 aliphatic carbocycles. The first-order valence-electron chi connectivity index (χ1n) is 5.13. The van der Waals surface area contributed by atoms with Gasteiger partial charge in [-0.1, -0.05) is 11.6 Å². The van der Waals surface area contributed by atoms with Crippen LogP contribution in [-0.2, 0) is 0 Å². The lowest BCUT2D eigenvalue weighted by Gasteiger charge is -2.04. The van der Waals surface area contributed by atoms with E-state index in [0.717, 1.165) is 11.3 Å². The van der Waals surface area contributed by atoms with Gasteiger partial charge in [-0.3, -0.25) is 0 Å². The third-order valence-corrected chi connectivity index (χ3v) is 2.64. The summed E-state index contributed by atoms with van der Waals surface area (Å²) in [6, 6.07) is 3.55. The monoisotopic (exact) mass is 264 g/mol. The normalized spacial score (nSPS) is 13.6. The minimum absolute atomic E-state index is 0.0976. The first kappa shape index (κ1) is 12.4. The number of hydrogen-bond acceptors (Lipinski definition) is 3. The largest absolute Gasteiger partial charge is 0.237 e. The summed E-state index contributed by atoms with van der Waals surface area (Å²) >= 11 is 5.75. The van der Waals surface area contributed by atoms with Crippen LogP contribution in [0.1, 0.15) is 12.6 Å². The predicted octanol–water partition coefficient (Wildman–Crippen LogP) is 3.21. The van der Waals surface area contributed by atoms with Gasteiger partial charge in [0.05, 0.1) is 16.9 Å². The second-order valence-corrected chi connectivity index (χ2v) is 3.96. The van der Waals surface area contributed by atoms with Crippen molar-refractivity contribution in [3.63, 3.8) is 0 Å². The van der Waals surface area contributed by atoms with Crippen LogP contribution in [-0.4, -0.2) is 21.3 Å². The summed E-state index contributed by atoms with van der Waals surface area (Å²) in [6.45, 7) is 4.88. The fourth-order valence-electron chi connectivity index (χ4n) is 1.53. The highest BCUT2D eigenvalue weighted by Crippen LogP contribution is 2.21. The molecule has 0 saturated carbocycles. The number of allylic oxidation sites excluding steroid dienone is 3. The highest BCUT2D eigenvalue weighted by atomic mass is 35.5. The van der Waals surface area contributed by atoms with E-state index in [1.807, 2.05) is 0 Å². The van der Waals surface area contributed by atoms with Crippen LogP contribution in [0, 0.1) is 0 Å². The van der Waals surface area contributed by atoms with Crippen molar-refractivity contribution >= 4 is 29.5 Å². The van der Waals surface area contributed by atoms with Crippen LogP contribution < -0.4 is 0 Å². The molecule has 0 N–H and O–H groups in total. The van der Waals surface area contributed by atoms with Crippen LogP contribution in [0.5, 0.6) is 0 Å². The molecule has 0 aliphatic rings. The SMILES string of the molecule is C=N/C(F)=C(Cl)\C=C(/C)c1ccnc2ccnn12. The number of fused-ring (bicyclic) bond motifs is 1. The van der Waals surface area contributed by atoms with Crippen molar-refractivity contribution in [2.24, 2.45) is 4.99 Å². The molecule has 0 atom stereocenters. The average Bonchev–Trinajstić information content (AvgIpc) is 2.85. The topological polar surface area (TPSA) is 42.5 Å². The quantitative estimate of drug-likeness (QED) is 0.485. The van der Waals surface area contributed by atoms with Crippen molar-refractivity contribution in [2.45, 2.75) is 6.92 Å². The van der Waals surface area contributed by atoms with Crippen molar-refractivity contribution in [3.05, 3.63) is 47.3 Å². The maximum absolute atomic E-state index is 13.1. The lowest BCUT2D eigenvalue weighted by Crippen LogP contribution is -1.97. The molecule has 2 aromatic rings. The Morgan fingerprint density at radius 2 is 2.28 bits per heavy atom. The molecule has 0 radical (unpaired) electrons. The molecule has 0 aliphatic heterocycles. The van der Waals surface area contributed by atoms with Crippen LogP contribution in [0.2, 0.25) is 0 Å². The molecule has 2 rings (SSSR count). The van der Waals surface area contributed by atoms with Gasteiger partial charge in [0.2, 0.25) is 5.95 Å². The highest BCUT2D eigenvalue weighted by molar-refractivity contribution is 6.31. The van der Waals surface area contributed by atoms with Gasteiger partial charge < -0.3 is 0 Å². The van der Waals surface area contributed by atoms with Gasteiger partial charge in [-0.05, 0) is 31.4 Å². The van der Waals surface area contributed by atoms with Gasteiger partial charge in [-0.25, -0.2) is 14.5 Å². The number of aromatic nitrogens is 3. The Kier molecular flexibility index (Phi) is 3.53. The van der Waals surface area contributed by atoms with E-state index in [2.05, 4.69) is 21.8 Å². The summed E-state index contributed by atoms with van der Waals surface area (Å²) in [4.78, 5) is 7.28. The van der Waals surface area contributed by atoms with Crippen LogP contribution in [0.15, 0.2) is 46.6 Å². The second-order valence-electron chi connectivity index (χ2n) is 3.56. The minimum Gasteiger partial charge on any atom is -0.237 e. The predicted molar refractivity (Wildman–Crippen MR) is 70.2 cm³/mol. The van der Waals surface area contributed by atoms with Gasteiger partial charge in [0.1, 0.15) is 0 Å². The van der Waals surface area contributed by atoms with Crippen molar-refractivity contribution < 1.29 is 4.39 Å². The van der Waals surface area contributed by atoms with Gasteiger partial charge in [-0.2, -0.15) is 9.49 Å². The van der Waals surface area contributed by atoms with E-state index in [4.69, 9.17) is 11.6 Å². The first-order chi connectivity index (χ1) is 8.63. The van der Waals surface area contributed by atoms with E-state index in [9.17, 15) is 4.39 Å². The third kappa shape index (κ3) is 2.31. The lowest BCUT2D eigenvalue weighted by molar-refractivity contribution is 0.627. The van der Waals surface area contributed by atoms with E-state index in [1.54, 1.807) is 36.0 Å². The lowest BCUT2D eigenvalue weighted by atomic mass is 10.2. The van der Waals surface area contributed by atoms with Crippen molar-refractivity contribution in [2.75, 3.05) is 0 Å². The number of aliphatic imine (C=N–C) groups is 1. The number of hydrogen-bond donors (Lipinski definition) is 0. The zero-order valence-corrected chi connectivity index (χ0v) is 10.4. The molecular formula is C12H10ClFN4. The smallest absolute Gasteiger partial charge is 0.231 e. The molecule has 92 valence electrons. The molecule has 0 fully saturated rings. The maximum atomic E-state index is 13.1. The van der Waals surface area contributed by atoms with Crippen LogP contribution in [0.3, 0.4) is 0 Å². The zero-order valence-electron chi connectivity index (χ0n) is 9.64. The molecule has 4 nitrogen and oxygen atoms in total. The second kappa shape index (κ2) is 5.10. The van der Waals surface area contributed by atoms with E-state index in [0.29, 0.717) is 5.65 Å². The van der Waals surface area contributed by atoms with Gasteiger partial charge in [-0.15, -0.1) is 0 Å². The molecule has 2 aromatic heterocycles. The Morgan fingerprint density at radius 3 is 3.00 bits per heavy atom. The van der Waals surface area contributed by atoms with E-state index in [1.165, 1.54) is 6.08 Å². The number of nitrogens with zero attached hydrogens (tertiary/aromatic N) is 4. The molecule has 18 heavy (non-hydrogen) atoms. The van der Waals surface area contributed by atoms with Gasteiger partial charge in [0.25, 0.3) is 0 Å². The third-order valence-electron chi connectivity index (χ3n) is 2.37. The van der Waals surface area contributed by atoms with E-state index < -0.39 is 5.95 Å². The van der Waals surface area contributed by atoms with Crippen LogP contribution in [0.25, 0.3) is 11.2 Å². The molecule has 0 aromatic carbocycles. The molecule has 0 spiro atoms. The summed E-state index contributed by atoms with van der Waals surface area (Å²) in [5.41, 5.74) is 2.23. The Morgan fingerprint density at radius 1 is 1.50 bits per heavy atom. The number of halogens is 2. The Hall–Kier alpha value is -2.01. The average molecular weight is 265 g/mol. The standard InChI is InChI=1S/C12H10ClFN4/c1-8(7-9(13)12(14)15-2)10-3-5-16-11-4-6-17-18(10)11/h3-7H,2H2,1H3/b8-7+,12-9+. The zero-order chi connectivity index (χ0) is 13.1. The van der Waals surface area contributed by atoms with Crippen molar-refractivity contribution in [1.29, 1.82) is 0 Å². The number of rotatable bonds is 3. The highest BCUT2D eigenvalue weighted by Gasteiger charge is 2.05. The molecule has 0 amide bonds.